The van der Waals surface area contributed by atoms with E-state index in [1.807, 2.05) is 0 Å². The van der Waals surface area contributed by atoms with E-state index in [1.54, 1.807) is 25.1 Å². The lowest BCUT2D eigenvalue weighted by molar-refractivity contribution is 0.0956. The van der Waals surface area contributed by atoms with Gasteiger partial charge in [0.15, 0.2) is 5.65 Å². The number of hydrogen-bond donors (Lipinski definition) is 3. The zero-order valence-corrected chi connectivity index (χ0v) is 17.4. The van der Waals surface area contributed by atoms with Gasteiger partial charge in [-0.1, -0.05) is 6.07 Å². The minimum Gasteiger partial charge on any atom is -0.382 e. The molecule has 0 atom stereocenters. The molecule has 0 radical (unpaired) electrons. The van der Waals surface area contributed by atoms with E-state index in [9.17, 15) is 18.8 Å². The first-order valence-electron chi connectivity index (χ1n) is 10.3. The minimum atomic E-state index is -0.661. The molecule has 164 valence electrons. The van der Waals surface area contributed by atoms with E-state index in [-0.39, 0.29) is 41.2 Å². The summed E-state index contributed by atoms with van der Waals surface area (Å²) in [7, 11) is 0. The number of aromatic amines is 1. The average molecular weight is 436 g/mol. The summed E-state index contributed by atoms with van der Waals surface area (Å²) >= 11 is 0. The Labute approximate surface area is 181 Å². The number of halogens is 1. The Morgan fingerprint density at radius 2 is 2.12 bits per heavy atom. The number of rotatable bonds is 7. The van der Waals surface area contributed by atoms with E-state index in [2.05, 4.69) is 20.6 Å². The molecular weight excluding hydrogens is 415 g/mol. The van der Waals surface area contributed by atoms with Crippen LogP contribution in [0.3, 0.4) is 0 Å². The summed E-state index contributed by atoms with van der Waals surface area (Å²) in [5.41, 5.74) is 0.0471. The number of aryl methyl sites for hydroxylation is 1. The molecule has 4 rings (SSSR count). The number of nitrogens with zero attached hydrogens (tertiary/aromatic N) is 3. The maximum atomic E-state index is 13.7. The van der Waals surface area contributed by atoms with Gasteiger partial charge in [-0.15, -0.1) is 0 Å². The lowest BCUT2D eigenvalue weighted by atomic mass is 10.1. The van der Waals surface area contributed by atoms with Gasteiger partial charge in [-0.3, -0.25) is 19.1 Å². The number of fused-ring (bicyclic) bond motifs is 1. The number of H-pyrrole nitrogens is 1. The van der Waals surface area contributed by atoms with Crippen LogP contribution in [-0.2, 0) is 6.54 Å². The second-order valence-electron chi connectivity index (χ2n) is 7.53. The fourth-order valence-corrected chi connectivity index (χ4v) is 3.61. The van der Waals surface area contributed by atoms with E-state index in [4.69, 9.17) is 5.26 Å². The Kier molecular flexibility index (Phi) is 5.73. The lowest BCUT2D eigenvalue weighted by Gasteiger charge is -2.13. The third-order valence-electron chi connectivity index (χ3n) is 5.38. The molecule has 0 spiro atoms. The molecule has 0 saturated heterocycles. The average Bonchev–Trinajstić information content (AvgIpc) is 3.61. The normalized spacial score (nSPS) is 13.0. The van der Waals surface area contributed by atoms with Gasteiger partial charge in [0.05, 0.1) is 16.6 Å². The maximum absolute atomic E-state index is 13.7. The summed E-state index contributed by atoms with van der Waals surface area (Å²) in [4.78, 5) is 44.5. The van der Waals surface area contributed by atoms with Crippen molar-refractivity contribution in [2.45, 2.75) is 32.2 Å². The van der Waals surface area contributed by atoms with Gasteiger partial charge in [0.25, 0.3) is 11.5 Å². The van der Waals surface area contributed by atoms with Crippen LogP contribution >= 0.6 is 0 Å². The van der Waals surface area contributed by atoms with Gasteiger partial charge in [0.2, 0.25) is 0 Å². The Morgan fingerprint density at radius 1 is 1.34 bits per heavy atom. The van der Waals surface area contributed by atoms with Crippen LogP contribution in [0.25, 0.3) is 11.0 Å². The standard InChI is InChI=1S/C22H21FN6O3/c1-2-29-19-18(21(31)28-22(29)32)13(10-17(27-19)12-6-7-12)20(30)26-9-8-25-16-5-3-4-15(23)14(16)11-24/h3-5,10,12,25H,2,6-9H2,1H3,(H,26,30)(H,28,31,32). The maximum Gasteiger partial charge on any atom is 0.329 e. The minimum absolute atomic E-state index is 0.0678. The van der Waals surface area contributed by atoms with Crippen molar-refractivity contribution in [3.05, 3.63) is 67.7 Å². The Hall–Kier alpha value is -4.00. The summed E-state index contributed by atoms with van der Waals surface area (Å²) in [5, 5.41) is 14.8. The van der Waals surface area contributed by atoms with Gasteiger partial charge < -0.3 is 10.6 Å². The molecule has 1 aromatic carbocycles. The predicted octanol–water partition coefficient (Wildman–Crippen LogP) is 1.83. The van der Waals surface area contributed by atoms with Gasteiger partial charge in [-0.25, -0.2) is 14.2 Å². The summed E-state index contributed by atoms with van der Waals surface area (Å²) in [6, 6.07) is 7.68. The zero-order valence-electron chi connectivity index (χ0n) is 17.4. The highest BCUT2D eigenvalue weighted by Crippen LogP contribution is 2.39. The van der Waals surface area contributed by atoms with Crippen molar-refractivity contribution in [1.29, 1.82) is 5.26 Å². The topological polar surface area (TPSA) is 133 Å². The second kappa shape index (κ2) is 8.63. The highest BCUT2D eigenvalue weighted by molar-refractivity contribution is 6.05. The second-order valence-corrected chi connectivity index (χ2v) is 7.53. The molecule has 2 aromatic heterocycles. The number of aromatic nitrogens is 3. The molecule has 3 aromatic rings. The van der Waals surface area contributed by atoms with E-state index in [0.717, 1.165) is 12.8 Å². The van der Waals surface area contributed by atoms with Crippen LogP contribution in [0, 0.1) is 17.1 Å². The van der Waals surface area contributed by atoms with Gasteiger partial charge in [0, 0.05) is 31.2 Å². The molecule has 1 aliphatic rings. The Bertz CT molecular complexity index is 1370. The largest absolute Gasteiger partial charge is 0.382 e. The molecular formula is C22H21FN6O3. The summed E-state index contributed by atoms with van der Waals surface area (Å²) in [6.07, 6.45) is 1.88. The molecule has 0 unspecified atom stereocenters. The third-order valence-corrected chi connectivity index (χ3v) is 5.38. The summed E-state index contributed by atoms with van der Waals surface area (Å²) < 4.78 is 15.0. The number of nitrogens with one attached hydrogen (secondary N) is 3. The van der Waals surface area contributed by atoms with Crippen LogP contribution in [-0.4, -0.2) is 33.5 Å². The number of amides is 1. The first-order chi connectivity index (χ1) is 15.4. The molecule has 1 fully saturated rings. The molecule has 1 saturated carbocycles. The quantitative estimate of drug-likeness (QED) is 0.484. The Morgan fingerprint density at radius 3 is 2.81 bits per heavy atom. The summed E-state index contributed by atoms with van der Waals surface area (Å²) in [5.74, 6) is -0.893. The van der Waals surface area contributed by atoms with Crippen LogP contribution in [0.4, 0.5) is 10.1 Å². The van der Waals surface area contributed by atoms with Crippen LogP contribution in [0.2, 0.25) is 0 Å². The molecule has 3 N–H and O–H groups in total. The van der Waals surface area contributed by atoms with Crippen molar-refractivity contribution in [2.75, 3.05) is 18.4 Å². The predicted molar refractivity (Wildman–Crippen MR) is 116 cm³/mol. The highest BCUT2D eigenvalue weighted by atomic mass is 19.1. The molecule has 0 aliphatic heterocycles. The van der Waals surface area contributed by atoms with Gasteiger partial charge >= 0.3 is 5.69 Å². The molecule has 9 nitrogen and oxygen atoms in total. The smallest absolute Gasteiger partial charge is 0.329 e. The Balaban J connectivity index is 1.59. The number of carbonyl (C=O) groups excluding carboxylic acids is 1. The lowest BCUT2D eigenvalue weighted by Crippen LogP contribution is -2.34. The molecule has 32 heavy (non-hydrogen) atoms. The van der Waals surface area contributed by atoms with Crippen LogP contribution in [0.15, 0.2) is 33.9 Å². The van der Waals surface area contributed by atoms with Crippen molar-refractivity contribution < 1.29 is 9.18 Å². The molecule has 10 heteroatoms. The third kappa shape index (κ3) is 3.97. The molecule has 0 bridgehead atoms. The van der Waals surface area contributed by atoms with Crippen molar-refractivity contribution in [3.63, 3.8) is 0 Å². The van der Waals surface area contributed by atoms with Gasteiger partial charge in [-0.2, -0.15) is 5.26 Å². The fourth-order valence-electron chi connectivity index (χ4n) is 3.61. The molecule has 1 amide bonds. The van der Waals surface area contributed by atoms with E-state index in [1.165, 1.54) is 16.7 Å². The van der Waals surface area contributed by atoms with Crippen molar-refractivity contribution in [3.8, 4) is 6.07 Å². The zero-order chi connectivity index (χ0) is 22.8. The number of hydrogen-bond acceptors (Lipinski definition) is 6. The number of anilines is 1. The first kappa shape index (κ1) is 21.2. The van der Waals surface area contributed by atoms with Crippen LogP contribution < -0.4 is 21.9 Å². The molecule has 1 aliphatic carbocycles. The number of nitriles is 1. The molecule has 2 heterocycles. The SMILES string of the molecule is CCn1c(=O)[nH]c(=O)c2c(C(=O)NCCNc3cccc(F)c3C#N)cc(C3CC3)nc21. The van der Waals surface area contributed by atoms with Gasteiger partial charge in [0.1, 0.15) is 17.4 Å². The van der Waals surface area contributed by atoms with Crippen molar-refractivity contribution >= 4 is 22.6 Å². The fraction of sp³-hybridized carbons (Fsp3) is 0.318. The first-order valence-corrected chi connectivity index (χ1v) is 10.3. The highest BCUT2D eigenvalue weighted by Gasteiger charge is 2.28. The van der Waals surface area contributed by atoms with Crippen molar-refractivity contribution in [2.24, 2.45) is 0 Å². The van der Waals surface area contributed by atoms with Crippen LogP contribution in [0.5, 0.6) is 0 Å². The van der Waals surface area contributed by atoms with Crippen LogP contribution in [0.1, 0.15) is 47.3 Å². The monoisotopic (exact) mass is 436 g/mol. The summed E-state index contributed by atoms with van der Waals surface area (Å²) in [6.45, 7) is 2.46. The number of benzene rings is 1. The van der Waals surface area contributed by atoms with Crippen molar-refractivity contribution in [1.82, 2.24) is 19.9 Å². The number of pyridine rings is 1. The van der Waals surface area contributed by atoms with E-state index in [0.29, 0.717) is 17.9 Å². The van der Waals surface area contributed by atoms with E-state index >= 15 is 0 Å². The van der Waals surface area contributed by atoms with Gasteiger partial charge in [-0.05, 0) is 38.0 Å². The van der Waals surface area contributed by atoms with E-state index < -0.39 is 23.0 Å². The number of carbonyl (C=O) groups is 1.